The van der Waals surface area contributed by atoms with E-state index in [1.54, 1.807) is 0 Å². The van der Waals surface area contributed by atoms with Gasteiger partial charge < -0.3 is 5.32 Å². The fourth-order valence-corrected chi connectivity index (χ4v) is 3.16. The van der Waals surface area contributed by atoms with Gasteiger partial charge in [-0.3, -0.25) is 0 Å². The monoisotopic (exact) mass is 259 g/mol. The van der Waals surface area contributed by atoms with Gasteiger partial charge in [0.1, 0.15) is 0 Å². The summed E-state index contributed by atoms with van der Waals surface area (Å²) < 4.78 is 0. The Morgan fingerprint density at radius 3 is 2.32 bits per heavy atom. The third-order valence-electron chi connectivity index (χ3n) is 4.39. The predicted molar refractivity (Wildman–Crippen MR) is 83.6 cm³/mol. The van der Waals surface area contributed by atoms with E-state index in [1.807, 2.05) is 0 Å². The molecule has 1 aliphatic carbocycles. The summed E-state index contributed by atoms with van der Waals surface area (Å²) in [4.78, 5) is 0. The van der Waals surface area contributed by atoms with Crippen LogP contribution in [-0.2, 0) is 6.42 Å². The summed E-state index contributed by atoms with van der Waals surface area (Å²) in [7, 11) is 0. The first-order valence-corrected chi connectivity index (χ1v) is 7.90. The average Bonchev–Trinajstić information content (AvgIpc) is 3.16. The Balaban J connectivity index is 2.04. The second kappa shape index (κ2) is 6.56. The number of hydrogen-bond donors (Lipinski definition) is 1. The van der Waals surface area contributed by atoms with Crippen molar-refractivity contribution in [1.29, 1.82) is 0 Å². The first-order chi connectivity index (χ1) is 9.10. The van der Waals surface area contributed by atoms with Crippen LogP contribution >= 0.6 is 0 Å². The lowest BCUT2D eigenvalue weighted by molar-refractivity contribution is 0.339. The summed E-state index contributed by atoms with van der Waals surface area (Å²) in [6.45, 7) is 10.2. The lowest BCUT2D eigenvalue weighted by Crippen LogP contribution is -2.38. The molecule has 106 valence electrons. The lowest BCUT2D eigenvalue weighted by Gasteiger charge is -2.25. The molecule has 0 amide bonds. The Hall–Kier alpha value is -0.820. The minimum Gasteiger partial charge on any atom is -0.313 e. The highest BCUT2D eigenvalue weighted by Crippen LogP contribution is 2.38. The van der Waals surface area contributed by atoms with E-state index in [4.69, 9.17) is 0 Å². The quantitative estimate of drug-likeness (QED) is 0.771. The van der Waals surface area contributed by atoms with E-state index in [1.165, 1.54) is 42.4 Å². The van der Waals surface area contributed by atoms with Gasteiger partial charge in [0.05, 0.1) is 0 Å². The Labute approximate surface area is 118 Å². The fraction of sp³-hybridized carbons (Fsp3) is 0.667. The molecule has 0 radical (unpaired) electrons. The highest BCUT2D eigenvalue weighted by atomic mass is 14.9. The number of aryl methyl sites for hydroxylation is 2. The molecule has 0 spiro atoms. The van der Waals surface area contributed by atoms with E-state index in [9.17, 15) is 0 Å². The number of rotatable bonds is 7. The smallest absolute Gasteiger partial charge is 0.0136 e. The molecule has 1 fully saturated rings. The minimum absolute atomic E-state index is 0.647. The molecule has 1 saturated carbocycles. The van der Waals surface area contributed by atoms with E-state index in [0.717, 1.165) is 18.4 Å². The molecule has 0 aliphatic heterocycles. The maximum Gasteiger partial charge on any atom is 0.0136 e. The van der Waals surface area contributed by atoms with Gasteiger partial charge in [-0.2, -0.15) is 0 Å². The molecular weight excluding hydrogens is 230 g/mol. The zero-order chi connectivity index (χ0) is 13.8. The maximum absolute atomic E-state index is 3.78. The Kier molecular flexibility index (Phi) is 5.04. The van der Waals surface area contributed by atoms with E-state index in [0.29, 0.717) is 6.04 Å². The first-order valence-electron chi connectivity index (χ1n) is 7.90. The lowest BCUT2D eigenvalue weighted by atomic mass is 9.90. The topological polar surface area (TPSA) is 12.0 Å². The normalized spacial score (nSPS) is 18.3. The van der Waals surface area contributed by atoms with Crippen LogP contribution in [0.15, 0.2) is 18.2 Å². The molecule has 0 bridgehead atoms. The molecule has 0 heterocycles. The molecule has 0 aromatic heterocycles. The van der Waals surface area contributed by atoms with Gasteiger partial charge in [-0.15, -0.1) is 0 Å². The van der Waals surface area contributed by atoms with Crippen molar-refractivity contribution in [3.05, 3.63) is 34.9 Å². The highest BCUT2D eigenvalue weighted by molar-refractivity contribution is 5.29. The molecule has 2 atom stereocenters. The Morgan fingerprint density at radius 2 is 1.79 bits per heavy atom. The van der Waals surface area contributed by atoms with Crippen LogP contribution in [0, 0.1) is 25.7 Å². The molecular formula is C18H29N. The third kappa shape index (κ3) is 4.35. The maximum atomic E-state index is 3.78. The molecule has 1 aliphatic rings. The second-order valence-electron chi connectivity index (χ2n) is 6.46. The Bertz CT molecular complexity index is 386. The van der Waals surface area contributed by atoms with Crippen molar-refractivity contribution in [2.24, 2.45) is 11.8 Å². The van der Waals surface area contributed by atoms with Crippen molar-refractivity contribution in [3.8, 4) is 0 Å². The molecule has 1 heteroatoms. The second-order valence-corrected chi connectivity index (χ2v) is 6.46. The molecule has 0 saturated heterocycles. The summed E-state index contributed by atoms with van der Waals surface area (Å²) in [5.74, 6) is 1.78. The fourth-order valence-electron chi connectivity index (χ4n) is 3.16. The van der Waals surface area contributed by atoms with E-state index in [2.05, 4.69) is 51.2 Å². The summed E-state index contributed by atoms with van der Waals surface area (Å²) in [5.41, 5.74) is 4.28. The standard InChI is InChI=1S/C18H29N/c1-5-8-19-18(15(4)17-6-7-17)12-16-10-13(2)9-14(3)11-16/h9-11,15,17-19H,5-8,12H2,1-4H3. The molecule has 1 aromatic rings. The molecule has 19 heavy (non-hydrogen) atoms. The first kappa shape index (κ1) is 14.6. The van der Waals surface area contributed by atoms with Crippen LogP contribution in [0.3, 0.4) is 0 Å². The van der Waals surface area contributed by atoms with Gasteiger partial charge in [-0.25, -0.2) is 0 Å². The minimum atomic E-state index is 0.647. The van der Waals surface area contributed by atoms with Crippen LogP contribution in [0.1, 0.15) is 49.8 Å². The molecule has 1 aromatic carbocycles. The molecule has 2 rings (SSSR count). The molecule has 2 unspecified atom stereocenters. The number of benzene rings is 1. The highest BCUT2D eigenvalue weighted by Gasteiger charge is 2.32. The molecule has 1 N–H and O–H groups in total. The largest absolute Gasteiger partial charge is 0.313 e. The van der Waals surface area contributed by atoms with E-state index < -0.39 is 0 Å². The predicted octanol–water partition coefficient (Wildman–Crippen LogP) is 4.26. The van der Waals surface area contributed by atoms with Crippen LogP contribution < -0.4 is 5.32 Å². The average molecular weight is 259 g/mol. The van der Waals surface area contributed by atoms with Gasteiger partial charge in [-0.05, 0) is 63.5 Å². The third-order valence-corrected chi connectivity index (χ3v) is 4.39. The van der Waals surface area contributed by atoms with Crippen molar-refractivity contribution >= 4 is 0 Å². The summed E-state index contributed by atoms with van der Waals surface area (Å²) in [6, 6.07) is 7.62. The van der Waals surface area contributed by atoms with Gasteiger partial charge in [0.2, 0.25) is 0 Å². The van der Waals surface area contributed by atoms with Crippen LogP contribution in [0.4, 0.5) is 0 Å². The molecule has 1 nitrogen and oxygen atoms in total. The summed E-state index contributed by atoms with van der Waals surface area (Å²) >= 11 is 0. The van der Waals surface area contributed by atoms with Crippen molar-refractivity contribution in [1.82, 2.24) is 5.32 Å². The van der Waals surface area contributed by atoms with Crippen molar-refractivity contribution in [3.63, 3.8) is 0 Å². The van der Waals surface area contributed by atoms with Crippen molar-refractivity contribution < 1.29 is 0 Å². The van der Waals surface area contributed by atoms with E-state index in [-0.39, 0.29) is 0 Å². The number of hydrogen-bond acceptors (Lipinski definition) is 1. The Morgan fingerprint density at radius 1 is 1.16 bits per heavy atom. The van der Waals surface area contributed by atoms with Crippen molar-refractivity contribution in [2.75, 3.05) is 6.54 Å². The van der Waals surface area contributed by atoms with Crippen LogP contribution in [-0.4, -0.2) is 12.6 Å². The van der Waals surface area contributed by atoms with E-state index >= 15 is 0 Å². The van der Waals surface area contributed by atoms with Gasteiger partial charge in [-0.1, -0.05) is 43.2 Å². The van der Waals surface area contributed by atoms with Gasteiger partial charge in [0.15, 0.2) is 0 Å². The summed E-state index contributed by atoms with van der Waals surface area (Å²) in [5, 5.41) is 3.78. The van der Waals surface area contributed by atoms with Crippen LogP contribution in [0.5, 0.6) is 0 Å². The van der Waals surface area contributed by atoms with Gasteiger partial charge >= 0.3 is 0 Å². The van der Waals surface area contributed by atoms with Crippen LogP contribution in [0.25, 0.3) is 0 Å². The van der Waals surface area contributed by atoms with Gasteiger partial charge in [0.25, 0.3) is 0 Å². The van der Waals surface area contributed by atoms with Crippen molar-refractivity contribution in [2.45, 2.75) is 59.4 Å². The zero-order valence-corrected chi connectivity index (χ0v) is 13.0. The SMILES string of the molecule is CCCNC(Cc1cc(C)cc(C)c1)C(C)C1CC1. The van der Waals surface area contributed by atoms with Gasteiger partial charge in [0, 0.05) is 6.04 Å². The summed E-state index contributed by atoms with van der Waals surface area (Å²) in [6.07, 6.45) is 5.29. The van der Waals surface area contributed by atoms with Crippen LogP contribution in [0.2, 0.25) is 0 Å². The number of nitrogens with one attached hydrogen (secondary N) is 1. The zero-order valence-electron chi connectivity index (χ0n) is 13.0.